The molecule has 3 aromatic carbocycles. The fourth-order valence-corrected chi connectivity index (χ4v) is 5.20. The van der Waals surface area contributed by atoms with Crippen LogP contribution in [0.2, 0.25) is 0 Å². The monoisotopic (exact) mass is 497 g/mol. The van der Waals surface area contributed by atoms with Gasteiger partial charge in [0.05, 0.1) is 16.8 Å². The van der Waals surface area contributed by atoms with Crippen LogP contribution in [0.3, 0.4) is 0 Å². The van der Waals surface area contributed by atoms with Gasteiger partial charge in [-0.3, -0.25) is 14.8 Å². The van der Waals surface area contributed by atoms with Gasteiger partial charge in [0.2, 0.25) is 0 Å². The molecule has 0 bridgehead atoms. The summed E-state index contributed by atoms with van der Waals surface area (Å²) in [5.74, 6) is 0.598. The minimum Gasteiger partial charge on any atom is -0.507 e. The number of aromatic amines is 1. The van der Waals surface area contributed by atoms with E-state index in [2.05, 4.69) is 32.5 Å². The summed E-state index contributed by atoms with van der Waals surface area (Å²) in [6, 6.07) is 19.5. The van der Waals surface area contributed by atoms with Crippen molar-refractivity contribution in [2.45, 2.75) is 19.5 Å². The molecule has 0 saturated carbocycles. The first-order valence-corrected chi connectivity index (χ1v) is 12.8. The molecule has 3 N–H and O–H groups in total. The minimum absolute atomic E-state index is 0.0414. The molecule has 0 aliphatic carbocycles. The number of hydrogen-bond donors (Lipinski definition) is 3. The van der Waals surface area contributed by atoms with Crippen molar-refractivity contribution in [3.05, 3.63) is 88.6 Å². The van der Waals surface area contributed by atoms with Crippen LogP contribution in [0.1, 0.15) is 32.7 Å². The van der Waals surface area contributed by atoms with Crippen molar-refractivity contribution in [2.75, 3.05) is 39.3 Å². The van der Waals surface area contributed by atoms with Crippen molar-refractivity contribution in [3.63, 3.8) is 0 Å². The first-order chi connectivity index (χ1) is 18.1. The number of carbonyl (C=O) groups is 1. The fraction of sp³-hybridized carbons (Fsp3) is 0.310. The summed E-state index contributed by atoms with van der Waals surface area (Å²) in [4.78, 5) is 17.7. The molecule has 190 valence electrons. The van der Waals surface area contributed by atoms with Gasteiger partial charge in [0.25, 0.3) is 5.91 Å². The van der Waals surface area contributed by atoms with Gasteiger partial charge in [-0.15, -0.1) is 0 Å². The van der Waals surface area contributed by atoms with E-state index in [1.165, 1.54) is 0 Å². The first kappa shape index (κ1) is 23.5. The lowest BCUT2D eigenvalue weighted by Gasteiger charge is -2.26. The average molecular weight is 498 g/mol. The smallest absolute Gasteiger partial charge is 0.258 e. The van der Waals surface area contributed by atoms with Gasteiger partial charge in [0, 0.05) is 63.7 Å². The molecule has 2 aliphatic heterocycles. The third kappa shape index (κ3) is 5.03. The summed E-state index contributed by atoms with van der Waals surface area (Å²) in [6.45, 7) is 6.71. The number of carbonyl (C=O) groups excluding carboxylic acids is 1. The van der Waals surface area contributed by atoms with E-state index < -0.39 is 0 Å². The molecular formula is C29H31N5O3. The van der Waals surface area contributed by atoms with E-state index in [1.54, 1.807) is 17.0 Å². The molecule has 2 aliphatic rings. The molecule has 3 heterocycles. The number of phenols is 1. The predicted octanol–water partition coefficient (Wildman–Crippen LogP) is 3.30. The van der Waals surface area contributed by atoms with Crippen LogP contribution in [0.25, 0.3) is 10.9 Å². The predicted molar refractivity (Wildman–Crippen MR) is 142 cm³/mol. The zero-order chi connectivity index (χ0) is 25.2. The molecule has 1 saturated heterocycles. The lowest BCUT2D eigenvalue weighted by molar-refractivity contribution is 0.0748. The van der Waals surface area contributed by atoms with Crippen molar-refractivity contribution in [2.24, 2.45) is 0 Å². The van der Waals surface area contributed by atoms with Gasteiger partial charge < -0.3 is 20.1 Å². The largest absolute Gasteiger partial charge is 0.507 e. The number of ether oxygens (including phenoxy) is 1. The zero-order valence-corrected chi connectivity index (χ0v) is 20.7. The number of hydrogen-bond acceptors (Lipinski definition) is 6. The number of benzene rings is 3. The van der Waals surface area contributed by atoms with Crippen molar-refractivity contribution in [1.82, 2.24) is 25.3 Å². The molecule has 8 heteroatoms. The van der Waals surface area contributed by atoms with Crippen LogP contribution >= 0.6 is 0 Å². The summed E-state index contributed by atoms with van der Waals surface area (Å²) in [6.07, 6.45) is 0.645. The highest BCUT2D eigenvalue weighted by Gasteiger charge is 2.27. The van der Waals surface area contributed by atoms with E-state index in [-0.39, 0.29) is 11.7 Å². The molecule has 1 fully saturated rings. The number of nitrogens with zero attached hydrogens (tertiary/aromatic N) is 3. The molecule has 6 rings (SSSR count). The van der Waals surface area contributed by atoms with Crippen LogP contribution in [-0.4, -0.2) is 70.3 Å². The highest BCUT2D eigenvalue weighted by Crippen LogP contribution is 2.32. The number of piperazine rings is 1. The van der Waals surface area contributed by atoms with E-state index in [1.807, 2.05) is 36.4 Å². The van der Waals surface area contributed by atoms with Crippen molar-refractivity contribution >= 4 is 16.8 Å². The van der Waals surface area contributed by atoms with Gasteiger partial charge in [-0.05, 0) is 34.9 Å². The zero-order valence-electron chi connectivity index (χ0n) is 20.7. The second-order valence-corrected chi connectivity index (χ2v) is 9.78. The minimum atomic E-state index is -0.191. The Hall–Kier alpha value is -3.88. The van der Waals surface area contributed by atoms with Gasteiger partial charge in [0.1, 0.15) is 18.1 Å². The van der Waals surface area contributed by atoms with Gasteiger partial charge in [-0.2, -0.15) is 5.10 Å². The molecule has 4 aromatic rings. The van der Waals surface area contributed by atoms with Gasteiger partial charge in [0.15, 0.2) is 0 Å². The fourth-order valence-electron chi connectivity index (χ4n) is 5.20. The standard InChI is InChI=1S/C29H31N5O3/c35-28-17-27-24(26(31-32-27)14-20-4-2-1-3-5-20)16-25(28)29(36)34-18-21-6-7-23(15-22(21)19-34)37-13-12-33-10-8-30-9-11-33/h1-7,15-17,30,35H,8-14,18-19H2,(H,31,32). The third-order valence-corrected chi connectivity index (χ3v) is 7.28. The van der Waals surface area contributed by atoms with Crippen LogP contribution in [-0.2, 0) is 19.5 Å². The lowest BCUT2D eigenvalue weighted by Crippen LogP contribution is -2.44. The van der Waals surface area contributed by atoms with Crippen molar-refractivity contribution in [1.29, 1.82) is 0 Å². The van der Waals surface area contributed by atoms with Crippen LogP contribution in [0.5, 0.6) is 11.5 Å². The Balaban J connectivity index is 1.15. The number of amides is 1. The maximum atomic E-state index is 13.5. The molecule has 37 heavy (non-hydrogen) atoms. The van der Waals surface area contributed by atoms with E-state index in [9.17, 15) is 9.90 Å². The lowest BCUT2D eigenvalue weighted by atomic mass is 10.0. The van der Waals surface area contributed by atoms with E-state index in [0.717, 1.165) is 66.2 Å². The number of rotatable bonds is 7. The summed E-state index contributed by atoms with van der Waals surface area (Å²) in [5, 5.41) is 22.3. The third-order valence-electron chi connectivity index (χ3n) is 7.28. The van der Waals surface area contributed by atoms with E-state index >= 15 is 0 Å². The normalized spacial score (nSPS) is 15.7. The summed E-state index contributed by atoms with van der Waals surface area (Å²) >= 11 is 0. The molecule has 0 unspecified atom stereocenters. The van der Waals surface area contributed by atoms with Gasteiger partial charge in [-0.1, -0.05) is 36.4 Å². The highest BCUT2D eigenvalue weighted by atomic mass is 16.5. The topological polar surface area (TPSA) is 93.7 Å². The summed E-state index contributed by atoms with van der Waals surface area (Å²) in [5.41, 5.74) is 5.19. The number of nitrogens with one attached hydrogen (secondary N) is 2. The Morgan fingerprint density at radius 1 is 1.00 bits per heavy atom. The highest BCUT2D eigenvalue weighted by molar-refractivity contribution is 6.01. The Kier molecular flexibility index (Phi) is 6.51. The van der Waals surface area contributed by atoms with E-state index in [4.69, 9.17) is 4.74 Å². The average Bonchev–Trinajstić information content (AvgIpc) is 3.52. The van der Waals surface area contributed by atoms with Crippen LogP contribution in [0.15, 0.2) is 60.7 Å². The van der Waals surface area contributed by atoms with Crippen molar-refractivity contribution in [3.8, 4) is 11.5 Å². The second-order valence-electron chi connectivity index (χ2n) is 9.78. The quantitative estimate of drug-likeness (QED) is 0.363. The van der Waals surface area contributed by atoms with Crippen LogP contribution in [0, 0.1) is 0 Å². The molecule has 0 radical (unpaired) electrons. The number of aromatic hydroxyl groups is 1. The molecule has 0 atom stereocenters. The maximum absolute atomic E-state index is 13.5. The second kappa shape index (κ2) is 10.2. The number of phenolic OH excluding ortho intramolecular Hbond substituents is 1. The van der Waals surface area contributed by atoms with Crippen LogP contribution in [0.4, 0.5) is 0 Å². The molecule has 8 nitrogen and oxygen atoms in total. The maximum Gasteiger partial charge on any atom is 0.258 e. The number of aromatic nitrogens is 2. The Bertz CT molecular complexity index is 1410. The van der Waals surface area contributed by atoms with E-state index in [0.29, 0.717) is 37.2 Å². The van der Waals surface area contributed by atoms with Crippen molar-refractivity contribution < 1.29 is 14.6 Å². The summed E-state index contributed by atoms with van der Waals surface area (Å²) in [7, 11) is 0. The molecular weight excluding hydrogens is 466 g/mol. The SMILES string of the molecule is O=C(c1cc2c(Cc3ccccc3)n[nH]c2cc1O)N1Cc2ccc(OCCN3CCNCC3)cc2C1. The first-order valence-electron chi connectivity index (χ1n) is 12.8. The van der Waals surface area contributed by atoms with Gasteiger partial charge >= 0.3 is 0 Å². The van der Waals surface area contributed by atoms with Gasteiger partial charge in [-0.25, -0.2) is 0 Å². The Morgan fingerprint density at radius 2 is 1.81 bits per heavy atom. The van der Waals surface area contributed by atoms with Crippen LogP contribution < -0.4 is 10.1 Å². The number of H-pyrrole nitrogens is 1. The number of fused-ring (bicyclic) bond motifs is 2. The Morgan fingerprint density at radius 3 is 2.65 bits per heavy atom. The Labute approximate surface area is 215 Å². The molecule has 1 aromatic heterocycles. The molecule has 0 spiro atoms. The summed E-state index contributed by atoms with van der Waals surface area (Å²) < 4.78 is 6.02. The molecule has 1 amide bonds.